The lowest BCUT2D eigenvalue weighted by Crippen LogP contribution is -2.45. The molecule has 14 heavy (non-hydrogen) atoms. The van der Waals surface area contributed by atoms with Gasteiger partial charge < -0.3 is 0 Å². The first-order valence-corrected chi connectivity index (χ1v) is 4.78. The minimum absolute atomic E-state index is 0.364. The zero-order valence-electron chi connectivity index (χ0n) is 7.93. The zero-order chi connectivity index (χ0) is 10.6. The van der Waals surface area contributed by atoms with Gasteiger partial charge in [0.15, 0.2) is 5.50 Å². The Balaban J connectivity index is 2.84. The van der Waals surface area contributed by atoms with Crippen molar-refractivity contribution in [3.63, 3.8) is 0 Å². The third kappa shape index (κ3) is 2.46. The summed E-state index contributed by atoms with van der Waals surface area (Å²) in [5.74, 6) is 7.15. The van der Waals surface area contributed by atoms with Crippen LogP contribution in [0.4, 0.5) is 0 Å². The number of nitrogens with zero attached hydrogens (tertiary/aromatic N) is 3. The van der Waals surface area contributed by atoms with Gasteiger partial charge in [-0.05, 0) is 0 Å². The van der Waals surface area contributed by atoms with E-state index in [1.165, 1.54) is 5.01 Å². The molecule has 0 saturated heterocycles. The van der Waals surface area contributed by atoms with Crippen LogP contribution < -0.4 is 5.84 Å². The molecule has 0 aromatic rings. The molecule has 76 valence electrons. The number of rotatable bonds is 4. The minimum Gasteiger partial charge on any atom is -0.264 e. The summed E-state index contributed by atoms with van der Waals surface area (Å²) in [6.45, 7) is 7.27. The third-order valence-electron chi connectivity index (χ3n) is 1.72. The van der Waals surface area contributed by atoms with Crippen LogP contribution in [0.25, 0.3) is 0 Å². The average Bonchev–Trinajstić information content (AvgIpc) is 2.14. The summed E-state index contributed by atoms with van der Waals surface area (Å²) in [7, 11) is 0. The normalized spacial score (nSPS) is 21.3. The highest BCUT2D eigenvalue weighted by Gasteiger charge is 2.19. The Morgan fingerprint density at radius 2 is 2.07 bits per heavy atom. The smallest absolute Gasteiger partial charge is 0.182 e. The molecule has 0 aromatic carbocycles. The number of thiol groups is 1. The van der Waals surface area contributed by atoms with Gasteiger partial charge in [-0.25, -0.2) is 15.8 Å². The zero-order valence-corrected chi connectivity index (χ0v) is 8.82. The second-order valence-electron chi connectivity index (χ2n) is 2.81. The predicted molar refractivity (Wildman–Crippen MR) is 63.3 cm³/mol. The monoisotopic (exact) mass is 210 g/mol. The highest BCUT2D eigenvalue weighted by Crippen LogP contribution is 2.12. The van der Waals surface area contributed by atoms with E-state index in [0.29, 0.717) is 18.7 Å². The van der Waals surface area contributed by atoms with Crippen molar-refractivity contribution < 1.29 is 0 Å². The highest BCUT2D eigenvalue weighted by molar-refractivity contribution is 7.80. The Kier molecular flexibility index (Phi) is 3.91. The van der Waals surface area contributed by atoms with Crippen LogP contribution in [0.2, 0.25) is 0 Å². The average molecular weight is 210 g/mol. The fourth-order valence-electron chi connectivity index (χ4n) is 1.07. The first-order valence-electron chi connectivity index (χ1n) is 4.27. The van der Waals surface area contributed by atoms with E-state index in [4.69, 9.17) is 5.84 Å². The van der Waals surface area contributed by atoms with Crippen molar-refractivity contribution in [2.45, 2.75) is 18.3 Å². The topological polar surface area (TPSA) is 54.0 Å². The van der Waals surface area contributed by atoms with Gasteiger partial charge in [-0.3, -0.25) is 5.01 Å². The summed E-state index contributed by atoms with van der Waals surface area (Å²) in [5.41, 5.74) is -0.364. The SMILES string of the molecule is C=CCC1=NC(S)N(N)C(CC=C)=N1. The molecule has 0 aliphatic carbocycles. The number of hydrazine groups is 1. The van der Waals surface area contributed by atoms with Gasteiger partial charge in [-0.15, -0.1) is 25.8 Å². The van der Waals surface area contributed by atoms with Crippen molar-refractivity contribution in [2.24, 2.45) is 15.8 Å². The Bertz CT molecular complexity index is 295. The van der Waals surface area contributed by atoms with E-state index in [1.807, 2.05) is 0 Å². The molecule has 1 aliphatic rings. The molecular weight excluding hydrogens is 196 g/mol. The molecule has 1 rings (SSSR count). The maximum absolute atomic E-state index is 5.71. The number of amidine groups is 2. The molecular formula is C9H14N4S. The highest BCUT2D eigenvalue weighted by atomic mass is 32.1. The van der Waals surface area contributed by atoms with Gasteiger partial charge >= 0.3 is 0 Å². The molecule has 0 fully saturated rings. The maximum atomic E-state index is 5.71. The van der Waals surface area contributed by atoms with Crippen LogP contribution in [-0.2, 0) is 0 Å². The lowest BCUT2D eigenvalue weighted by atomic mass is 10.3. The van der Waals surface area contributed by atoms with Gasteiger partial charge in [-0.1, -0.05) is 12.2 Å². The summed E-state index contributed by atoms with van der Waals surface area (Å²) in [6.07, 6.45) is 4.74. The molecule has 0 radical (unpaired) electrons. The van der Waals surface area contributed by atoms with Crippen LogP contribution in [0, 0.1) is 0 Å². The van der Waals surface area contributed by atoms with Gasteiger partial charge in [0, 0.05) is 12.8 Å². The van der Waals surface area contributed by atoms with Crippen molar-refractivity contribution in [1.29, 1.82) is 0 Å². The van der Waals surface area contributed by atoms with E-state index >= 15 is 0 Å². The number of nitrogens with two attached hydrogens (primary N) is 1. The van der Waals surface area contributed by atoms with Crippen molar-refractivity contribution in [1.82, 2.24) is 5.01 Å². The second-order valence-corrected chi connectivity index (χ2v) is 3.27. The number of aliphatic imine (C=N–C) groups is 2. The fraction of sp³-hybridized carbons (Fsp3) is 0.333. The number of hydrogen-bond acceptors (Lipinski definition) is 5. The lowest BCUT2D eigenvalue weighted by Gasteiger charge is -2.27. The lowest BCUT2D eigenvalue weighted by molar-refractivity contribution is 0.412. The molecule has 1 atom stereocenters. The van der Waals surface area contributed by atoms with E-state index in [-0.39, 0.29) is 5.50 Å². The van der Waals surface area contributed by atoms with E-state index in [2.05, 4.69) is 35.8 Å². The standard InChI is InChI=1S/C9H14N4S/c1-3-5-7-11-8(6-4-2)13(10)9(14)12-7/h3-4,9,14H,1-2,5-6,10H2. The van der Waals surface area contributed by atoms with Crippen LogP contribution in [-0.4, -0.2) is 22.2 Å². The molecule has 4 nitrogen and oxygen atoms in total. The molecule has 0 bridgehead atoms. The first-order chi connectivity index (χ1) is 6.69. The van der Waals surface area contributed by atoms with Crippen LogP contribution >= 0.6 is 12.6 Å². The van der Waals surface area contributed by atoms with Crippen LogP contribution in [0.1, 0.15) is 12.8 Å². The van der Waals surface area contributed by atoms with Crippen LogP contribution in [0.5, 0.6) is 0 Å². The third-order valence-corrected chi connectivity index (χ3v) is 2.09. The summed E-state index contributed by atoms with van der Waals surface area (Å²) in [6, 6.07) is 0. The van der Waals surface area contributed by atoms with Crippen molar-refractivity contribution in [3.05, 3.63) is 25.3 Å². The fourth-order valence-corrected chi connectivity index (χ4v) is 1.34. The Morgan fingerprint density at radius 3 is 2.64 bits per heavy atom. The summed E-state index contributed by atoms with van der Waals surface area (Å²) >= 11 is 4.22. The number of hydrogen-bond donors (Lipinski definition) is 2. The quantitative estimate of drug-likeness (QED) is 0.418. The summed E-state index contributed by atoms with van der Waals surface area (Å²) in [5, 5.41) is 1.43. The minimum atomic E-state index is -0.364. The molecule has 0 amide bonds. The maximum Gasteiger partial charge on any atom is 0.182 e. The van der Waals surface area contributed by atoms with Gasteiger partial charge in [0.1, 0.15) is 11.7 Å². The summed E-state index contributed by atoms with van der Waals surface area (Å²) < 4.78 is 0. The van der Waals surface area contributed by atoms with Gasteiger partial charge in [-0.2, -0.15) is 0 Å². The van der Waals surface area contributed by atoms with Crippen LogP contribution in [0.15, 0.2) is 35.3 Å². The van der Waals surface area contributed by atoms with Crippen LogP contribution in [0.3, 0.4) is 0 Å². The molecule has 0 saturated carbocycles. The van der Waals surface area contributed by atoms with Crippen molar-refractivity contribution >= 4 is 24.3 Å². The van der Waals surface area contributed by atoms with Gasteiger partial charge in [0.25, 0.3) is 0 Å². The van der Waals surface area contributed by atoms with Gasteiger partial charge in [0.2, 0.25) is 0 Å². The summed E-state index contributed by atoms with van der Waals surface area (Å²) in [4.78, 5) is 8.44. The largest absolute Gasteiger partial charge is 0.264 e. The van der Waals surface area contributed by atoms with E-state index in [9.17, 15) is 0 Å². The first kappa shape index (κ1) is 11.0. The van der Waals surface area contributed by atoms with Crippen molar-refractivity contribution in [2.75, 3.05) is 0 Å². The Labute approximate surface area is 89.3 Å². The molecule has 1 heterocycles. The van der Waals surface area contributed by atoms with E-state index < -0.39 is 0 Å². The second kappa shape index (κ2) is 4.97. The van der Waals surface area contributed by atoms with Crippen molar-refractivity contribution in [3.8, 4) is 0 Å². The molecule has 5 heteroatoms. The molecule has 0 aromatic heterocycles. The van der Waals surface area contributed by atoms with E-state index in [0.717, 1.165) is 5.84 Å². The molecule has 0 spiro atoms. The Morgan fingerprint density at radius 1 is 1.43 bits per heavy atom. The van der Waals surface area contributed by atoms with Gasteiger partial charge in [0.05, 0.1) is 0 Å². The molecule has 1 aliphatic heterocycles. The molecule has 2 N–H and O–H groups in total. The molecule has 1 unspecified atom stereocenters. The predicted octanol–water partition coefficient (Wildman–Crippen LogP) is 1.34. The van der Waals surface area contributed by atoms with E-state index in [1.54, 1.807) is 12.2 Å². The Hall–Kier alpha value is -1.07.